The van der Waals surface area contributed by atoms with Crippen LogP contribution in [-0.4, -0.2) is 25.7 Å². The summed E-state index contributed by atoms with van der Waals surface area (Å²) >= 11 is 0. The minimum atomic E-state index is -3.95. The largest absolute Gasteiger partial charge is 0.390 e. The Labute approximate surface area is 84.5 Å². The van der Waals surface area contributed by atoms with Gasteiger partial charge in [-0.2, -0.15) is 8.42 Å². The van der Waals surface area contributed by atoms with E-state index < -0.39 is 22.5 Å². The highest BCUT2D eigenvalue weighted by atomic mass is 32.2. The average Bonchev–Trinajstić information content (AvgIpc) is 2.29. The van der Waals surface area contributed by atoms with Crippen molar-refractivity contribution in [1.29, 1.82) is 0 Å². The summed E-state index contributed by atoms with van der Waals surface area (Å²) in [6.45, 7) is 4.08. The van der Waals surface area contributed by atoms with Gasteiger partial charge in [0.25, 0.3) is 0 Å². The van der Waals surface area contributed by atoms with Crippen molar-refractivity contribution in [2.45, 2.75) is 38.9 Å². The Hall–Kier alpha value is -0.170. The molecular formula is C8H17NO4S. The number of aliphatic hydroxyl groups is 1. The lowest BCUT2D eigenvalue weighted by molar-refractivity contribution is 0.0645. The lowest BCUT2D eigenvalue weighted by Crippen LogP contribution is -2.29. The van der Waals surface area contributed by atoms with Gasteiger partial charge < -0.3 is 5.11 Å². The third kappa shape index (κ3) is 3.20. The maximum absolute atomic E-state index is 10.7. The average molecular weight is 223 g/mol. The molecule has 1 saturated carbocycles. The van der Waals surface area contributed by atoms with Crippen LogP contribution in [0.25, 0.3) is 0 Å². The number of nitrogens with two attached hydrogens (primary N) is 1. The topological polar surface area (TPSA) is 89.6 Å². The summed E-state index contributed by atoms with van der Waals surface area (Å²) in [4.78, 5) is 0. The first-order chi connectivity index (χ1) is 6.29. The molecule has 0 aromatic heterocycles. The third-order valence-corrected chi connectivity index (χ3v) is 3.22. The van der Waals surface area contributed by atoms with Gasteiger partial charge in [0.05, 0.1) is 6.10 Å². The standard InChI is InChI=1S/C8H17NO4S/c1-5(2)6-3-7(10)8(4-6)13-14(9,11)12/h5-8,10H,3-4H2,1-2H3,(H2,9,11,12). The van der Waals surface area contributed by atoms with E-state index in [1.165, 1.54) is 0 Å². The van der Waals surface area contributed by atoms with E-state index in [9.17, 15) is 13.5 Å². The van der Waals surface area contributed by atoms with Crippen LogP contribution in [0.3, 0.4) is 0 Å². The molecule has 0 heterocycles. The first-order valence-electron chi connectivity index (χ1n) is 4.68. The SMILES string of the molecule is CC(C)C1CC(O)C(OS(N)(=O)=O)C1. The second kappa shape index (κ2) is 4.14. The van der Waals surface area contributed by atoms with Crippen LogP contribution in [0.5, 0.6) is 0 Å². The van der Waals surface area contributed by atoms with Crippen molar-refractivity contribution in [3.8, 4) is 0 Å². The highest BCUT2D eigenvalue weighted by Gasteiger charge is 2.37. The Morgan fingerprint density at radius 1 is 1.43 bits per heavy atom. The van der Waals surface area contributed by atoms with Gasteiger partial charge in [-0.25, -0.2) is 5.14 Å². The highest BCUT2D eigenvalue weighted by Crippen LogP contribution is 2.33. The van der Waals surface area contributed by atoms with Gasteiger partial charge >= 0.3 is 10.3 Å². The van der Waals surface area contributed by atoms with Gasteiger partial charge in [-0.1, -0.05) is 13.8 Å². The van der Waals surface area contributed by atoms with Crippen molar-refractivity contribution >= 4 is 10.3 Å². The molecule has 0 aliphatic heterocycles. The van der Waals surface area contributed by atoms with Crippen LogP contribution in [0.15, 0.2) is 0 Å². The van der Waals surface area contributed by atoms with Crippen LogP contribution in [0.4, 0.5) is 0 Å². The fourth-order valence-electron chi connectivity index (χ4n) is 1.83. The van der Waals surface area contributed by atoms with Gasteiger partial charge in [-0.3, -0.25) is 4.18 Å². The molecule has 0 amide bonds. The molecule has 14 heavy (non-hydrogen) atoms. The molecule has 0 radical (unpaired) electrons. The molecule has 1 rings (SSSR count). The van der Waals surface area contributed by atoms with Gasteiger partial charge in [-0.15, -0.1) is 0 Å². The molecule has 1 fully saturated rings. The highest BCUT2D eigenvalue weighted by molar-refractivity contribution is 7.84. The summed E-state index contributed by atoms with van der Waals surface area (Å²) < 4.78 is 25.9. The molecule has 0 aromatic rings. The van der Waals surface area contributed by atoms with E-state index in [0.717, 1.165) is 0 Å². The molecule has 0 spiro atoms. The Morgan fingerprint density at radius 3 is 2.36 bits per heavy atom. The maximum atomic E-state index is 10.7. The monoisotopic (exact) mass is 223 g/mol. The zero-order valence-electron chi connectivity index (χ0n) is 8.38. The second-order valence-electron chi connectivity index (χ2n) is 4.17. The number of rotatable bonds is 3. The first-order valence-corrected chi connectivity index (χ1v) is 6.16. The van der Waals surface area contributed by atoms with Gasteiger partial charge in [0.2, 0.25) is 0 Å². The van der Waals surface area contributed by atoms with E-state index in [0.29, 0.717) is 24.7 Å². The minimum Gasteiger partial charge on any atom is -0.390 e. The predicted octanol–water partition coefficient (Wildman–Crippen LogP) is 0.00200. The molecule has 0 bridgehead atoms. The molecule has 1 aliphatic carbocycles. The summed E-state index contributed by atoms with van der Waals surface area (Å²) in [5, 5.41) is 14.3. The maximum Gasteiger partial charge on any atom is 0.333 e. The molecule has 84 valence electrons. The number of hydrogen-bond acceptors (Lipinski definition) is 4. The van der Waals surface area contributed by atoms with Gasteiger partial charge in [-0.05, 0) is 24.7 Å². The molecule has 1 aliphatic rings. The van der Waals surface area contributed by atoms with E-state index >= 15 is 0 Å². The molecule has 3 atom stereocenters. The normalized spacial score (nSPS) is 33.9. The minimum absolute atomic E-state index is 0.303. The van der Waals surface area contributed by atoms with Crippen molar-refractivity contribution in [1.82, 2.24) is 0 Å². The summed E-state index contributed by atoms with van der Waals surface area (Å²) in [7, 11) is -3.95. The van der Waals surface area contributed by atoms with Gasteiger partial charge in [0.1, 0.15) is 6.10 Å². The lowest BCUT2D eigenvalue weighted by atomic mass is 9.94. The second-order valence-corrected chi connectivity index (χ2v) is 5.35. The van der Waals surface area contributed by atoms with Crippen LogP contribution in [0, 0.1) is 11.8 Å². The van der Waals surface area contributed by atoms with E-state index in [1.807, 2.05) is 13.8 Å². The van der Waals surface area contributed by atoms with Crippen LogP contribution >= 0.6 is 0 Å². The van der Waals surface area contributed by atoms with E-state index in [1.54, 1.807) is 0 Å². The molecule has 0 aromatic carbocycles. The van der Waals surface area contributed by atoms with Gasteiger partial charge in [0.15, 0.2) is 0 Å². The van der Waals surface area contributed by atoms with Crippen molar-refractivity contribution in [2.75, 3.05) is 0 Å². The van der Waals surface area contributed by atoms with Crippen molar-refractivity contribution in [2.24, 2.45) is 17.0 Å². The molecule has 0 saturated heterocycles. The fraction of sp³-hybridized carbons (Fsp3) is 1.00. The van der Waals surface area contributed by atoms with Crippen LogP contribution in [0.2, 0.25) is 0 Å². The van der Waals surface area contributed by atoms with Crippen molar-refractivity contribution in [3.63, 3.8) is 0 Å². The van der Waals surface area contributed by atoms with Crippen molar-refractivity contribution < 1.29 is 17.7 Å². The molecular weight excluding hydrogens is 206 g/mol. The Bertz CT molecular complexity index is 288. The van der Waals surface area contributed by atoms with Crippen LogP contribution < -0.4 is 5.14 Å². The Morgan fingerprint density at radius 2 is 2.00 bits per heavy atom. The Kier molecular flexibility index (Phi) is 3.52. The summed E-state index contributed by atoms with van der Waals surface area (Å²) in [5.74, 6) is 0.718. The molecule has 5 nitrogen and oxygen atoms in total. The zero-order chi connectivity index (χ0) is 10.9. The number of aliphatic hydroxyl groups excluding tert-OH is 1. The quantitative estimate of drug-likeness (QED) is 0.705. The van der Waals surface area contributed by atoms with Crippen LogP contribution in [-0.2, 0) is 14.5 Å². The van der Waals surface area contributed by atoms with E-state index in [-0.39, 0.29) is 0 Å². The van der Waals surface area contributed by atoms with Crippen LogP contribution in [0.1, 0.15) is 26.7 Å². The van der Waals surface area contributed by atoms with Gasteiger partial charge in [0, 0.05) is 0 Å². The fourth-order valence-corrected chi connectivity index (χ4v) is 2.39. The smallest absolute Gasteiger partial charge is 0.333 e. The predicted molar refractivity (Wildman–Crippen MR) is 51.5 cm³/mol. The summed E-state index contributed by atoms with van der Waals surface area (Å²) in [6.07, 6.45) is -0.259. The van der Waals surface area contributed by atoms with E-state index in [4.69, 9.17) is 5.14 Å². The number of hydrogen-bond donors (Lipinski definition) is 2. The molecule has 3 N–H and O–H groups in total. The Balaban J connectivity index is 2.57. The molecule has 3 unspecified atom stereocenters. The van der Waals surface area contributed by atoms with E-state index in [2.05, 4.69) is 4.18 Å². The third-order valence-electron chi connectivity index (χ3n) is 2.71. The summed E-state index contributed by atoms with van der Waals surface area (Å²) in [6, 6.07) is 0. The van der Waals surface area contributed by atoms with Crippen molar-refractivity contribution in [3.05, 3.63) is 0 Å². The zero-order valence-corrected chi connectivity index (χ0v) is 9.20. The summed E-state index contributed by atoms with van der Waals surface area (Å²) in [5.41, 5.74) is 0. The lowest BCUT2D eigenvalue weighted by Gasteiger charge is -2.13. The first kappa shape index (κ1) is 11.9. The molecule has 6 heteroatoms.